The quantitative estimate of drug-likeness (QED) is 0.594. The Hall–Kier alpha value is 0.137. The highest BCUT2D eigenvalue weighted by Gasteiger charge is 2.35. The minimum absolute atomic E-state index is 0.298. The SMILES string of the molecule is CCO[SiH](OCC)C(C)(CC)CC. The maximum absolute atomic E-state index is 5.75. The summed E-state index contributed by atoms with van der Waals surface area (Å²) in [5, 5.41) is 0.298. The van der Waals surface area contributed by atoms with Gasteiger partial charge < -0.3 is 8.85 Å². The van der Waals surface area contributed by atoms with Crippen molar-refractivity contribution < 1.29 is 8.85 Å². The Kier molecular flexibility index (Phi) is 6.64. The molecule has 0 aromatic rings. The van der Waals surface area contributed by atoms with Crippen molar-refractivity contribution in [1.29, 1.82) is 0 Å². The van der Waals surface area contributed by atoms with Gasteiger partial charge in [-0.15, -0.1) is 0 Å². The average molecular weight is 204 g/mol. The van der Waals surface area contributed by atoms with Crippen molar-refractivity contribution in [2.24, 2.45) is 0 Å². The average Bonchev–Trinajstić information content (AvgIpc) is 2.16. The summed E-state index contributed by atoms with van der Waals surface area (Å²) in [6, 6.07) is 0. The Bertz CT molecular complexity index is 118. The zero-order valence-electron chi connectivity index (χ0n) is 9.72. The molecule has 0 aromatic carbocycles. The highest BCUT2D eigenvalue weighted by molar-refractivity contribution is 6.48. The molecule has 0 spiro atoms. The molecule has 0 heterocycles. The van der Waals surface area contributed by atoms with Crippen LogP contribution < -0.4 is 0 Å². The molecule has 0 saturated carbocycles. The van der Waals surface area contributed by atoms with Crippen LogP contribution in [0, 0.1) is 0 Å². The minimum Gasteiger partial charge on any atom is -0.397 e. The lowest BCUT2D eigenvalue weighted by atomic mass is 10.1. The van der Waals surface area contributed by atoms with Crippen LogP contribution in [0.3, 0.4) is 0 Å². The molecule has 0 unspecified atom stereocenters. The van der Waals surface area contributed by atoms with Gasteiger partial charge in [-0.1, -0.05) is 20.8 Å². The van der Waals surface area contributed by atoms with Crippen molar-refractivity contribution in [2.75, 3.05) is 13.2 Å². The molecule has 0 fully saturated rings. The number of rotatable bonds is 7. The predicted octanol–water partition coefficient (Wildman–Crippen LogP) is 2.86. The summed E-state index contributed by atoms with van der Waals surface area (Å²) in [4.78, 5) is 0. The van der Waals surface area contributed by atoms with Crippen LogP contribution in [0.4, 0.5) is 0 Å². The first-order chi connectivity index (χ1) is 6.14. The van der Waals surface area contributed by atoms with E-state index in [1.807, 2.05) is 13.8 Å². The van der Waals surface area contributed by atoms with Gasteiger partial charge in [-0.2, -0.15) is 0 Å². The summed E-state index contributed by atoms with van der Waals surface area (Å²) < 4.78 is 11.5. The first-order valence-corrected chi connectivity index (χ1v) is 6.89. The van der Waals surface area contributed by atoms with E-state index in [9.17, 15) is 0 Å². The Balaban J connectivity index is 4.28. The smallest absolute Gasteiger partial charge is 0.327 e. The molecule has 0 radical (unpaired) electrons. The number of hydrogen-bond acceptors (Lipinski definition) is 2. The van der Waals surface area contributed by atoms with Crippen molar-refractivity contribution in [3.05, 3.63) is 0 Å². The van der Waals surface area contributed by atoms with E-state index in [-0.39, 0.29) is 0 Å². The predicted molar refractivity (Wildman–Crippen MR) is 59.4 cm³/mol. The summed E-state index contributed by atoms with van der Waals surface area (Å²) >= 11 is 0. The van der Waals surface area contributed by atoms with E-state index in [0.29, 0.717) is 5.04 Å². The third-order valence-electron chi connectivity index (χ3n) is 2.82. The van der Waals surface area contributed by atoms with Gasteiger partial charge in [0.1, 0.15) is 0 Å². The molecular weight excluding hydrogens is 180 g/mol. The number of hydrogen-bond donors (Lipinski definition) is 0. The topological polar surface area (TPSA) is 18.5 Å². The van der Waals surface area contributed by atoms with E-state index in [4.69, 9.17) is 8.85 Å². The van der Waals surface area contributed by atoms with Crippen LogP contribution >= 0.6 is 0 Å². The molecule has 3 heteroatoms. The molecule has 80 valence electrons. The standard InChI is InChI=1S/C10H24O2Si/c1-6-10(5,7-2)13(11-8-3)12-9-4/h13H,6-9H2,1-5H3. The molecule has 0 atom stereocenters. The molecule has 0 aromatic heterocycles. The molecule has 13 heavy (non-hydrogen) atoms. The van der Waals surface area contributed by atoms with Crippen LogP contribution in [-0.2, 0) is 8.85 Å². The maximum atomic E-state index is 5.75. The molecule has 0 aliphatic carbocycles. The van der Waals surface area contributed by atoms with Gasteiger partial charge in [0.2, 0.25) is 0 Å². The van der Waals surface area contributed by atoms with Gasteiger partial charge in [0.05, 0.1) is 0 Å². The van der Waals surface area contributed by atoms with Gasteiger partial charge in [0.15, 0.2) is 0 Å². The van der Waals surface area contributed by atoms with Crippen LogP contribution in [0.5, 0.6) is 0 Å². The lowest BCUT2D eigenvalue weighted by Crippen LogP contribution is -2.36. The van der Waals surface area contributed by atoms with E-state index in [1.54, 1.807) is 0 Å². The highest BCUT2D eigenvalue weighted by Crippen LogP contribution is 2.37. The fourth-order valence-electron chi connectivity index (χ4n) is 1.34. The summed E-state index contributed by atoms with van der Waals surface area (Å²) in [6.07, 6.45) is 2.31. The molecule has 0 saturated heterocycles. The van der Waals surface area contributed by atoms with Crippen LogP contribution in [0.1, 0.15) is 47.5 Å². The summed E-state index contributed by atoms with van der Waals surface area (Å²) in [7, 11) is -1.46. The van der Waals surface area contributed by atoms with Gasteiger partial charge in [-0.3, -0.25) is 0 Å². The van der Waals surface area contributed by atoms with Gasteiger partial charge in [0, 0.05) is 18.3 Å². The lowest BCUT2D eigenvalue weighted by molar-refractivity contribution is 0.183. The van der Waals surface area contributed by atoms with Crippen LogP contribution in [0.15, 0.2) is 0 Å². The normalized spacial score (nSPS) is 12.5. The van der Waals surface area contributed by atoms with Crippen molar-refractivity contribution in [2.45, 2.75) is 52.5 Å². The van der Waals surface area contributed by atoms with Crippen LogP contribution in [0.2, 0.25) is 5.04 Å². The maximum Gasteiger partial charge on any atom is 0.327 e. The van der Waals surface area contributed by atoms with E-state index in [1.165, 1.54) is 0 Å². The van der Waals surface area contributed by atoms with Gasteiger partial charge >= 0.3 is 9.28 Å². The van der Waals surface area contributed by atoms with Gasteiger partial charge in [0.25, 0.3) is 0 Å². The summed E-state index contributed by atoms with van der Waals surface area (Å²) in [5.74, 6) is 0. The summed E-state index contributed by atoms with van der Waals surface area (Å²) in [6.45, 7) is 12.4. The second-order valence-electron chi connectivity index (χ2n) is 3.60. The zero-order valence-corrected chi connectivity index (χ0v) is 10.9. The Morgan fingerprint density at radius 2 is 1.31 bits per heavy atom. The molecule has 2 nitrogen and oxygen atoms in total. The van der Waals surface area contributed by atoms with Crippen molar-refractivity contribution in [3.8, 4) is 0 Å². The van der Waals surface area contributed by atoms with Gasteiger partial charge in [-0.25, -0.2) is 0 Å². The second kappa shape index (κ2) is 6.57. The Morgan fingerprint density at radius 3 is 1.54 bits per heavy atom. The molecule has 0 aliphatic heterocycles. The van der Waals surface area contributed by atoms with E-state index in [0.717, 1.165) is 26.1 Å². The van der Waals surface area contributed by atoms with E-state index < -0.39 is 9.28 Å². The van der Waals surface area contributed by atoms with E-state index >= 15 is 0 Å². The molecular formula is C10H24O2Si. The molecule has 0 aliphatic rings. The second-order valence-corrected chi connectivity index (χ2v) is 6.33. The largest absolute Gasteiger partial charge is 0.397 e. The Morgan fingerprint density at radius 1 is 0.923 bits per heavy atom. The van der Waals surface area contributed by atoms with Crippen LogP contribution in [-0.4, -0.2) is 22.5 Å². The third kappa shape index (κ3) is 3.79. The third-order valence-corrected chi connectivity index (χ3v) is 6.05. The first kappa shape index (κ1) is 13.1. The van der Waals surface area contributed by atoms with Gasteiger partial charge in [-0.05, 0) is 26.7 Å². The molecule has 0 amide bonds. The van der Waals surface area contributed by atoms with Crippen molar-refractivity contribution in [3.63, 3.8) is 0 Å². The molecule has 0 N–H and O–H groups in total. The van der Waals surface area contributed by atoms with E-state index in [2.05, 4.69) is 20.8 Å². The lowest BCUT2D eigenvalue weighted by Gasteiger charge is -2.33. The van der Waals surface area contributed by atoms with Crippen LogP contribution in [0.25, 0.3) is 0 Å². The zero-order chi connectivity index (χ0) is 10.3. The van der Waals surface area contributed by atoms with Crippen molar-refractivity contribution in [1.82, 2.24) is 0 Å². The highest BCUT2D eigenvalue weighted by atomic mass is 28.3. The molecule has 0 bridgehead atoms. The summed E-state index contributed by atoms with van der Waals surface area (Å²) in [5.41, 5.74) is 0. The monoisotopic (exact) mass is 204 g/mol. The molecule has 0 rings (SSSR count). The van der Waals surface area contributed by atoms with Crippen molar-refractivity contribution >= 4 is 9.28 Å². The Labute approximate surface area is 84.5 Å². The fourth-order valence-corrected chi connectivity index (χ4v) is 3.51. The minimum atomic E-state index is -1.46. The first-order valence-electron chi connectivity index (χ1n) is 5.37. The fraction of sp³-hybridized carbons (Fsp3) is 1.00.